The second kappa shape index (κ2) is 8.39. The molecule has 0 amide bonds. The fraction of sp³-hybridized carbons (Fsp3) is 0.667. The molecule has 0 aromatic heterocycles. The third-order valence-electron chi connectivity index (χ3n) is 4.47. The first-order chi connectivity index (χ1) is 10.7. The summed E-state index contributed by atoms with van der Waals surface area (Å²) in [6.07, 6.45) is 5.13. The monoisotopic (exact) mass is 306 g/mol. The smallest absolute Gasteiger partial charge is 0.161 e. The topological polar surface area (TPSA) is 24.9 Å². The van der Waals surface area contributed by atoms with Gasteiger partial charge in [-0.25, -0.2) is 0 Å². The number of piperidine rings is 1. The summed E-state index contributed by atoms with van der Waals surface area (Å²) in [5, 5.41) is 0. The van der Waals surface area contributed by atoms with Gasteiger partial charge in [0, 0.05) is 6.04 Å². The molecule has 1 unspecified atom stereocenters. The van der Waals surface area contributed by atoms with E-state index in [1.807, 2.05) is 6.07 Å². The van der Waals surface area contributed by atoms with Crippen LogP contribution >= 0.6 is 0 Å². The van der Waals surface area contributed by atoms with Crippen LogP contribution in [0.5, 0.6) is 11.5 Å². The third kappa shape index (κ3) is 4.37. The molecule has 1 aliphatic rings. The predicted octanol–water partition coefficient (Wildman–Crippen LogP) is 3.18. The molecule has 124 valence electrons. The van der Waals surface area contributed by atoms with Crippen LogP contribution in [0.2, 0.25) is 0 Å². The molecule has 2 rings (SSSR count). The highest BCUT2D eigenvalue weighted by Crippen LogP contribution is 2.34. The van der Waals surface area contributed by atoms with Gasteiger partial charge in [-0.05, 0) is 70.7 Å². The van der Waals surface area contributed by atoms with Crippen LogP contribution < -0.4 is 9.47 Å². The number of benzene rings is 1. The van der Waals surface area contributed by atoms with Gasteiger partial charge in [-0.15, -0.1) is 0 Å². The van der Waals surface area contributed by atoms with E-state index in [-0.39, 0.29) is 0 Å². The highest BCUT2D eigenvalue weighted by Gasteiger charge is 2.23. The Morgan fingerprint density at radius 1 is 1.05 bits per heavy atom. The Bertz CT molecular complexity index is 456. The van der Waals surface area contributed by atoms with E-state index in [9.17, 15) is 0 Å². The fourth-order valence-corrected chi connectivity index (χ4v) is 3.23. The van der Waals surface area contributed by atoms with Gasteiger partial charge in [-0.2, -0.15) is 0 Å². The summed E-state index contributed by atoms with van der Waals surface area (Å²) < 4.78 is 10.9. The minimum Gasteiger partial charge on any atom is -0.493 e. The Kier molecular flexibility index (Phi) is 6.52. The van der Waals surface area contributed by atoms with Crippen LogP contribution in [0.25, 0.3) is 0 Å². The predicted molar refractivity (Wildman–Crippen MR) is 90.9 cm³/mol. The minimum atomic E-state index is 0.461. The van der Waals surface area contributed by atoms with E-state index in [2.05, 4.69) is 36.0 Å². The van der Waals surface area contributed by atoms with E-state index >= 15 is 0 Å². The van der Waals surface area contributed by atoms with E-state index in [1.165, 1.54) is 37.9 Å². The first-order valence-corrected chi connectivity index (χ1v) is 8.26. The summed E-state index contributed by atoms with van der Waals surface area (Å²) in [6.45, 7) is 3.49. The zero-order chi connectivity index (χ0) is 15.9. The molecular formula is C18H30N2O2. The molecular weight excluding hydrogens is 276 g/mol. The first-order valence-electron chi connectivity index (χ1n) is 8.26. The van der Waals surface area contributed by atoms with Gasteiger partial charge in [-0.1, -0.05) is 12.5 Å². The number of nitrogens with zero attached hydrogens (tertiary/aromatic N) is 2. The third-order valence-corrected chi connectivity index (χ3v) is 4.47. The van der Waals surface area contributed by atoms with Crippen LogP contribution in [0.1, 0.15) is 37.3 Å². The molecule has 1 aromatic rings. The number of likely N-dealkylation sites (tertiary alicyclic amines) is 1. The van der Waals surface area contributed by atoms with E-state index < -0.39 is 0 Å². The van der Waals surface area contributed by atoms with Gasteiger partial charge in [-0.3, -0.25) is 4.90 Å². The molecule has 1 atom stereocenters. The maximum atomic E-state index is 5.49. The lowest BCUT2D eigenvalue weighted by atomic mass is 9.98. The van der Waals surface area contributed by atoms with Crippen molar-refractivity contribution in [3.05, 3.63) is 23.8 Å². The number of methoxy groups -OCH3 is 2. The number of rotatable bonds is 7. The number of hydrogen-bond donors (Lipinski definition) is 0. The highest BCUT2D eigenvalue weighted by atomic mass is 16.5. The molecule has 1 aliphatic heterocycles. The lowest BCUT2D eigenvalue weighted by molar-refractivity contribution is 0.147. The van der Waals surface area contributed by atoms with Gasteiger partial charge in [0.25, 0.3) is 0 Å². The molecule has 1 heterocycles. The van der Waals surface area contributed by atoms with Gasteiger partial charge in [0.05, 0.1) is 14.2 Å². The standard InChI is InChI=1S/C18H30N2O2/c1-19(2)13-10-16(20-11-6-5-7-12-20)15-8-9-17(21-3)18(14-15)22-4/h8-9,14,16H,5-7,10-13H2,1-4H3. The Morgan fingerprint density at radius 2 is 1.73 bits per heavy atom. The van der Waals surface area contributed by atoms with Crippen molar-refractivity contribution in [3.8, 4) is 11.5 Å². The van der Waals surface area contributed by atoms with Gasteiger partial charge in [0.1, 0.15) is 0 Å². The molecule has 1 saturated heterocycles. The Morgan fingerprint density at radius 3 is 2.32 bits per heavy atom. The molecule has 0 radical (unpaired) electrons. The largest absolute Gasteiger partial charge is 0.493 e. The van der Waals surface area contributed by atoms with Crippen molar-refractivity contribution in [3.63, 3.8) is 0 Å². The van der Waals surface area contributed by atoms with Crippen LogP contribution in [0, 0.1) is 0 Å². The van der Waals surface area contributed by atoms with Crippen molar-refractivity contribution in [2.24, 2.45) is 0 Å². The molecule has 1 aromatic carbocycles. The van der Waals surface area contributed by atoms with E-state index in [1.54, 1.807) is 14.2 Å². The van der Waals surface area contributed by atoms with E-state index in [4.69, 9.17) is 9.47 Å². The molecule has 0 N–H and O–H groups in total. The minimum absolute atomic E-state index is 0.461. The quantitative estimate of drug-likeness (QED) is 0.772. The number of ether oxygens (including phenoxy) is 2. The van der Waals surface area contributed by atoms with Crippen LogP contribution in [-0.2, 0) is 0 Å². The fourth-order valence-electron chi connectivity index (χ4n) is 3.23. The van der Waals surface area contributed by atoms with Crippen LogP contribution in [0.4, 0.5) is 0 Å². The Hall–Kier alpha value is -1.26. The molecule has 4 heteroatoms. The van der Waals surface area contributed by atoms with Crippen molar-refractivity contribution in [2.45, 2.75) is 31.7 Å². The van der Waals surface area contributed by atoms with Gasteiger partial charge in [0.15, 0.2) is 11.5 Å². The summed E-state index contributed by atoms with van der Waals surface area (Å²) in [5.41, 5.74) is 1.33. The molecule has 4 nitrogen and oxygen atoms in total. The average molecular weight is 306 g/mol. The summed E-state index contributed by atoms with van der Waals surface area (Å²) in [6, 6.07) is 6.83. The van der Waals surface area contributed by atoms with Crippen molar-refractivity contribution < 1.29 is 9.47 Å². The molecule has 0 saturated carbocycles. The van der Waals surface area contributed by atoms with Crippen molar-refractivity contribution >= 4 is 0 Å². The van der Waals surface area contributed by atoms with E-state index in [0.29, 0.717) is 6.04 Å². The molecule has 0 spiro atoms. The van der Waals surface area contributed by atoms with Gasteiger partial charge in [0.2, 0.25) is 0 Å². The van der Waals surface area contributed by atoms with Crippen molar-refractivity contribution in [1.29, 1.82) is 0 Å². The second-order valence-corrected chi connectivity index (χ2v) is 6.32. The SMILES string of the molecule is COc1ccc(C(CCN(C)C)N2CCCCC2)cc1OC. The Labute approximate surface area is 135 Å². The van der Waals surface area contributed by atoms with Gasteiger partial charge >= 0.3 is 0 Å². The van der Waals surface area contributed by atoms with Crippen LogP contribution in [0.3, 0.4) is 0 Å². The highest BCUT2D eigenvalue weighted by molar-refractivity contribution is 5.43. The summed E-state index contributed by atoms with van der Waals surface area (Å²) in [7, 11) is 7.67. The van der Waals surface area contributed by atoms with Crippen molar-refractivity contribution in [2.75, 3.05) is 47.9 Å². The molecule has 0 aliphatic carbocycles. The molecule has 22 heavy (non-hydrogen) atoms. The van der Waals surface area contributed by atoms with Gasteiger partial charge < -0.3 is 14.4 Å². The van der Waals surface area contributed by atoms with Crippen molar-refractivity contribution in [1.82, 2.24) is 9.80 Å². The zero-order valence-corrected chi connectivity index (χ0v) is 14.5. The lowest BCUT2D eigenvalue weighted by Gasteiger charge is -2.35. The maximum absolute atomic E-state index is 5.49. The number of hydrogen-bond acceptors (Lipinski definition) is 4. The average Bonchev–Trinajstić information content (AvgIpc) is 2.55. The normalized spacial score (nSPS) is 17.5. The van der Waals surface area contributed by atoms with Crippen LogP contribution in [-0.4, -0.2) is 57.7 Å². The molecule has 1 fully saturated rings. The summed E-state index contributed by atoms with van der Waals surface area (Å²) >= 11 is 0. The summed E-state index contributed by atoms with van der Waals surface area (Å²) in [4.78, 5) is 4.89. The second-order valence-electron chi connectivity index (χ2n) is 6.32. The van der Waals surface area contributed by atoms with E-state index in [0.717, 1.165) is 24.5 Å². The Balaban J connectivity index is 2.22. The summed E-state index contributed by atoms with van der Waals surface area (Å²) in [5.74, 6) is 1.63. The maximum Gasteiger partial charge on any atom is 0.161 e. The first kappa shape index (κ1) is 17.1. The molecule has 0 bridgehead atoms. The zero-order valence-electron chi connectivity index (χ0n) is 14.5. The van der Waals surface area contributed by atoms with Crippen LogP contribution in [0.15, 0.2) is 18.2 Å². The lowest BCUT2D eigenvalue weighted by Crippen LogP contribution is -2.35.